The Morgan fingerprint density at radius 2 is 2.44 bits per heavy atom. The van der Waals surface area contributed by atoms with Gasteiger partial charge in [0.1, 0.15) is 7.85 Å². The van der Waals surface area contributed by atoms with E-state index < -0.39 is 12.8 Å². The summed E-state index contributed by atoms with van der Waals surface area (Å²) in [6.45, 7) is 1.39. The van der Waals surface area contributed by atoms with Gasteiger partial charge in [-0.15, -0.1) is 0 Å². The molecule has 0 aromatic rings. The molecule has 0 aromatic heterocycles. The third-order valence-electron chi connectivity index (χ3n) is 0.863. The summed E-state index contributed by atoms with van der Waals surface area (Å²) in [6, 6.07) is 0. The molecule has 0 bridgehead atoms. The van der Waals surface area contributed by atoms with Gasteiger partial charge in [0.15, 0.2) is 0 Å². The number of hydrogen-bond donors (Lipinski definition) is 0. The van der Waals surface area contributed by atoms with Crippen molar-refractivity contribution < 1.29 is 9.04 Å². The second-order valence-electron chi connectivity index (χ2n) is 1.56. The Hall–Kier alpha value is 0.150. The van der Waals surface area contributed by atoms with Crippen LogP contribution < -0.4 is 0 Å². The molecule has 5 radical (unpaired) electrons. The minimum absolute atomic E-state index is 0.413. The lowest BCUT2D eigenvalue weighted by molar-refractivity contribution is 0.334. The van der Waals surface area contributed by atoms with E-state index in [4.69, 9.17) is 20.2 Å². The lowest BCUT2D eigenvalue weighted by Gasteiger charge is -2.11. The summed E-state index contributed by atoms with van der Waals surface area (Å²) in [4.78, 5) is 0. The van der Waals surface area contributed by atoms with Crippen molar-refractivity contribution in [3.05, 3.63) is 0 Å². The van der Waals surface area contributed by atoms with E-state index in [1.165, 1.54) is 0 Å². The van der Waals surface area contributed by atoms with Crippen LogP contribution in [0.5, 0.6) is 0 Å². The van der Waals surface area contributed by atoms with Crippen LogP contribution in [0.4, 0.5) is 4.39 Å². The van der Waals surface area contributed by atoms with Gasteiger partial charge in [-0.05, 0) is 6.92 Å². The predicted molar refractivity (Wildman–Crippen MR) is 39.5 cm³/mol. The van der Waals surface area contributed by atoms with E-state index in [0.717, 1.165) is 7.06 Å². The van der Waals surface area contributed by atoms with E-state index in [1.807, 2.05) is 0 Å². The molecule has 0 fully saturated rings. The third-order valence-corrected chi connectivity index (χ3v) is 0.863. The van der Waals surface area contributed by atoms with Crippen LogP contribution in [-0.2, 0) is 4.65 Å². The van der Waals surface area contributed by atoms with Gasteiger partial charge in [-0.3, -0.25) is 4.39 Å². The second-order valence-corrected chi connectivity index (χ2v) is 1.56. The van der Waals surface area contributed by atoms with Gasteiger partial charge in [-0.2, -0.15) is 0 Å². The first-order valence-corrected chi connectivity index (χ1v) is 2.78. The predicted octanol–water partition coefficient (Wildman–Crippen LogP) is -0.698. The first-order valence-electron chi connectivity index (χ1n) is 2.78. The van der Waals surface area contributed by atoms with Crippen LogP contribution in [0.2, 0.25) is 0 Å². The molecular weight excluding hydrogens is 114 g/mol. The largest absolute Gasteiger partial charge is 0.444 e. The Bertz CT molecular complexity index is 70.8. The summed E-state index contributed by atoms with van der Waals surface area (Å²) in [5.41, 5.74) is 0. The first kappa shape index (κ1) is 9.15. The van der Waals surface area contributed by atoms with Crippen LogP contribution in [0, 0.1) is 0 Å². The van der Waals surface area contributed by atoms with Crippen LogP contribution in [0.3, 0.4) is 0 Å². The maximum atomic E-state index is 12.1. The van der Waals surface area contributed by atoms with Crippen molar-refractivity contribution in [1.82, 2.24) is 0 Å². The average Bonchev–Trinajstić information content (AvgIpc) is 1.82. The van der Waals surface area contributed by atoms with Crippen molar-refractivity contribution >= 4 is 29.5 Å². The number of rotatable bonds is 4. The van der Waals surface area contributed by atoms with Gasteiger partial charge < -0.3 is 4.65 Å². The zero-order valence-corrected chi connectivity index (χ0v) is 5.38. The zero-order valence-electron chi connectivity index (χ0n) is 5.38. The first-order chi connectivity index (χ1) is 4.22. The molecule has 0 aromatic carbocycles. The van der Waals surface area contributed by atoms with Crippen LogP contribution in [0.25, 0.3) is 0 Å². The summed E-state index contributed by atoms with van der Waals surface area (Å²) in [7, 11) is 10.9. The van der Waals surface area contributed by atoms with Gasteiger partial charge >= 0.3 is 0 Å². The van der Waals surface area contributed by atoms with Crippen LogP contribution >= 0.6 is 0 Å². The highest BCUT2D eigenvalue weighted by molar-refractivity contribution is 7.30. The van der Waals surface area contributed by atoms with Crippen LogP contribution in [0.1, 0.15) is 6.92 Å². The van der Waals surface area contributed by atoms with Gasteiger partial charge in [0, 0.05) is 14.3 Å². The van der Waals surface area contributed by atoms with E-state index in [0.29, 0.717) is 6.61 Å². The highest BCUT2D eigenvalue weighted by atomic mass is 19.1. The molecule has 0 N–H and O–H groups in total. The average molecular weight is 120 g/mol. The van der Waals surface area contributed by atoms with Gasteiger partial charge in [0.25, 0.3) is 6.81 Å². The fourth-order valence-electron chi connectivity index (χ4n) is 0.446. The second kappa shape index (κ2) is 4.98. The Kier molecular flexibility index (Phi) is 5.06. The number of halogens is 1. The van der Waals surface area contributed by atoms with Gasteiger partial charge in [-0.1, -0.05) is 0 Å². The Morgan fingerprint density at radius 1 is 1.89 bits per heavy atom. The topological polar surface area (TPSA) is 9.23 Å². The molecule has 6 heteroatoms. The fraction of sp³-hybridized carbons (Fsp3) is 1.00. The number of hydrogen-bond acceptors (Lipinski definition) is 1. The molecule has 0 aliphatic heterocycles. The highest BCUT2D eigenvalue weighted by Crippen LogP contribution is 1.91. The maximum absolute atomic E-state index is 12.1. The molecule has 0 aliphatic rings. The highest BCUT2D eigenvalue weighted by Gasteiger charge is 2.18. The molecular formula is C3H6B4FO. The van der Waals surface area contributed by atoms with E-state index in [-0.39, 0.29) is 0 Å². The maximum Gasteiger partial charge on any atom is 0.262 e. The lowest BCUT2D eigenvalue weighted by atomic mass is 9.19. The molecule has 0 spiro atoms. The summed E-state index contributed by atoms with van der Waals surface area (Å²) in [5, 5.41) is 0. The van der Waals surface area contributed by atoms with E-state index in [2.05, 4.69) is 0 Å². The normalized spacial score (nSPS) is 12.7. The minimum atomic E-state index is -1.52. The fourth-order valence-corrected chi connectivity index (χ4v) is 0.446. The van der Waals surface area contributed by atoms with Crippen molar-refractivity contribution in [3.8, 4) is 0 Å². The molecule has 0 heterocycles. The van der Waals surface area contributed by atoms with Gasteiger partial charge in [0.05, 0.1) is 13.0 Å². The molecule has 1 atom stereocenters. The van der Waals surface area contributed by atoms with Crippen molar-refractivity contribution in [2.45, 2.75) is 12.9 Å². The van der Waals surface area contributed by atoms with E-state index >= 15 is 0 Å². The van der Waals surface area contributed by atoms with Crippen molar-refractivity contribution in [3.63, 3.8) is 0 Å². The summed E-state index contributed by atoms with van der Waals surface area (Å²) >= 11 is 0. The van der Waals surface area contributed by atoms with E-state index in [9.17, 15) is 4.39 Å². The van der Waals surface area contributed by atoms with Gasteiger partial charge in [-0.25, -0.2) is 0 Å². The van der Waals surface area contributed by atoms with Crippen molar-refractivity contribution in [1.29, 1.82) is 0 Å². The lowest BCUT2D eigenvalue weighted by Crippen LogP contribution is -2.38. The Labute approximate surface area is 58.9 Å². The number of alkyl halides is 1. The molecule has 0 amide bonds. The minimum Gasteiger partial charge on any atom is -0.444 e. The summed E-state index contributed by atoms with van der Waals surface area (Å²) in [6.07, 6.45) is 0. The molecule has 1 unspecified atom stereocenters. The van der Waals surface area contributed by atoms with Gasteiger partial charge in [0.2, 0.25) is 0 Å². The summed E-state index contributed by atoms with van der Waals surface area (Å²) in [5.74, 6) is -1.52. The molecule has 9 heavy (non-hydrogen) atoms. The SMILES string of the molecule is [B][B]B(OCC)C([B])F. The molecule has 0 aliphatic carbocycles. The standard InChI is InChI=1S/C3H6B4FO/c1-2-9-7(6-5)3(4)8/h3H,2H2,1H3. The third kappa shape index (κ3) is 3.68. The zero-order chi connectivity index (χ0) is 7.28. The molecule has 1 nitrogen and oxygen atoms in total. The van der Waals surface area contributed by atoms with E-state index in [1.54, 1.807) is 6.92 Å². The molecule has 0 saturated heterocycles. The molecule has 43 valence electrons. The van der Waals surface area contributed by atoms with Crippen molar-refractivity contribution in [2.24, 2.45) is 0 Å². The van der Waals surface area contributed by atoms with Crippen LogP contribution in [-0.4, -0.2) is 42.0 Å². The smallest absolute Gasteiger partial charge is 0.262 e. The Morgan fingerprint density at radius 3 is 2.56 bits per heavy atom. The quantitative estimate of drug-likeness (QED) is 0.446. The Balaban J connectivity index is 3.41. The van der Waals surface area contributed by atoms with Crippen LogP contribution in [0.15, 0.2) is 0 Å². The summed E-state index contributed by atoms with van der Waals surface area (Å²) < 4.78 is 16.9. The monoisotopic (exact) mass is 121 g/mol. The molecule has 0 rings (SSSR count). The molecule has 0 saturated carbocycles. The van der Waals surface area contributed by atoms with Crippen molar-refractivity contribution in [2.75, 3.05) is 6.61 Å².